The van der Waals surface area contributed by atoms with Crippen molar-refractivity contribution in [2.24, 2.45) is 0 Å². The second kappa shape index (κ2) is 3.81. The molecule has 1 aliphatic rings. The number of nitrogens with zero attached hydrogens (tertiary/aromatic N) is 2. The van der Waals surface area contributed by atoms with Crippen molar-refractivity contribution in [2.75, 3.05) is 5.73 Å². The van der Waals surface area contributed by atoms with Crippen molar-refractivity contribution in [3.05, 3.63) is 28.3 Å². The van der Waals surface area contributed by atoms with Gasteiger partial charge in [0.05, 0.1) is 16.1 Å². The number of nitrogens with two attached hydrogens (primary N) is 1. The Morgan fingerprint density at radius 3 is 3.05 bits per heavy atom. The number of pyridine rings is 1. The molecule has 0 saturated heterocycles. The SMILES string of the molecule is Cc1ccc2[nH]c(-c3c(N)sc4c3CCC4)nc2n1. The number of fused-ring (bicyclic) bond motifs is 2. The van der Waals surface area contributed by atoms with Gasteiger partial charge in [-0.25, -0.2) is 9.97 Å². The maximum Gasteiger partial charge on any atom is 0.178 e. The summed E-state index contributed by atoms with van der Waals surface area (Å²) >= 11 is 1.71. The summed E-state index contributed by atoms with van der Waals surface area (Å²) < 4.78 is 0. The number of imidazole rings is 1. The van der Waals surface area contributed by atoms with Crippen LogP contribution in [0.3, 0.4) is 0 Å². The summed E-state index contributed by atoms with van der Waals surface area (Å²) in [5.41, 5.74) is 11.4. The fourth-order valence-electron chi connectivity index (χ4n) is 2.79. The molecule has 3 aromatic rings. The van der Waals surface area contributed by atoms with Gasteiger partial charge in [0, 0.05) is 10.6 Å². The first kappa shape index (κ1) is 11.0. The van der Waals surface area contributed by atoms with Crippen molar-refractivity contribution >= 4 is 27.5 Å². The van der Waals surface area contributed by atoms with Crippen LogP contribution < -0.4 is 5.73 Å². The molecule has 0 unspecified atom stereocenters. The number of thiophene rings is 1. The van der Waals surface area contributed by atoms with Gasteiger partial charge in [-0.1, -0.05) is 0 Å². The minimum absolute atomic E-state index is 0.771. The van der Waals surface area contributed by atoms with Crippen molar-refractivity contribution in [1.82, 2.24) is 15.0 Å². The van der Waals surface area contributed by atoms with Crippen LogP contribution in [0.5, 0.6) is 0 Å². The summed E-state index contributed by atoms with van der Waals surface area (Å²) in [6.07, 6.45) is 3.50. The first-order valence-electron chi connectivity index (χ1n) is 6.46. The van der Waals surface area contributed by atoms with Crippen molar-refractivity contribution < 1.29 is 0 Å². The Kier molecular flexibility index (Phi) is 2.20. The Balaban J connectivity index is 1.95. The van der Waals surface area contributed by atoms with Crippen LogP contribution in [-0.4, -0.2) is 15.0 Å². The zero-order valence-corrected chi connectivity index (χ0v) is 11.5. The van der Waals surface area contributed by atoms with Gasteiger partial charge in [-0.2, -0.15) is 0 Å². The van der Waals surface area contributed by atoms with Crippen molar-refractivity contribution in [3.8, 4) is 11.4 Å². The van der Waals surface area contributed by atoms with E-state index in [9.17, 15) is 0 Å². The zero-order chi connectivity index (χ0) is 13.0. The molecule has 19 heavy (non-hydrogen) atoms. The smallest absolute Gasteiger partial charge is 0.178 e. The minimum atomic E-state index is 0.771. The van der Waals surface area contributed by atoms with Gasteiger partial charge in [0.2, 0.25) is 0 Å². The van der Waals surface area contributed by atoms with E-state index in [2.05, 4.69) is 15.0 Å². The Labute approximate surface area is 114 Å². The fourth-order valence-corrected chi connectivity index (χ4v) is 3.95. The molecule has 96 valence electrons. The highest BCUT2D eigenvalue weighted by atomic mass is 32.1. The fraction of sp³-hybridized carbons (Fsp3) is 0.286. The second-order valence-electron chi connectivity index (χ2n) is 5.01. The molecule has 5 heteroatoms. The van der Waals surface area contributed by atoms with E-state index in [0.717, 1.165) is 46.1 Å². The summed E-state index contributed by atoms with van der Waals surface area (Å²) in [6, 6.07) is 4.02. The van der Waals surface area contributed by atoms with Gasteiger partial charge < -0.3 is 10.7 Å². The van der Waals surface area contributed by atoms with E-state index >= 15 is 0 Å². The maximum atomic E-state index is 6.17. The molecule has 0 radical (unpaired) electrons. The molecule has 0 aliphatic heterocycles. The molecule has 3 N–H and O–H groups in total. The third kappa shape index (κ3) is 1.58. The van der Waals surface area contributed by atoms with Crippen molar-refractivity contribution in [1.29, 1.82) is 0 Å². The van der Waals surface area contributed by atoms with Crippen molar-refractivity contribution in [3.63, 3.8) is 0 Å². The zero-order valence-electron chi connectivity index (χ0n) is 10.7. The lowest BCUT2D eigenvalue weighted by Crippen LogP contribution is -1.89. The molecular weight excluding hydrogens is 256 g/mol. The molecule has 3 aromatic heterocycles. The molecule has 0 spiro atoms. The van der Waals surface area contributed by atoms with Gasteiger partial charge in [-0.15, -0.1) is 11.3 Å². The molecule has 4 rings (SSSR count). The molecule has 0 bridgehead atoms. The van der Waals surface area contributed by atoms with E-state index in [1.54, 1.807) is 11.3 Å². The average Bonchev–Trinajstić information content (AvgIpc) is 3.01. The van der Waals surface area contributed by atoms with Gasteiger partial charge >= 0.3 is 0 Å². The minimum Gasteiger partial charge on any atom is -0.390 e. The molecule has 4 nitrogen and oxygen atoms in total. The van der Waals surface area contributed by atoms with E-state index in [1.165, 1.54) is 16.9 Å². The largest absolute Gasteiger partial charge is 0.390 e. The lowest BCUT2D eigenvalue weighted by molar-refractivity contribution is 0.915. The van der Waals surface area contributed by atoms with E-state index in [-0.39, 0.29) is 0 Å². The summed E-state index contributed by atoms with van der Waals surface area (Å²) in [5.74, 6) is 0.866. The van der Waals surface area contributed by atoms with Crippen molar-refractivity contribution in [2.45, 2.75) is 26.2 Å². The van der Waals surface area contributed by atoms with Gasteiger partial charge in [-0.05, 0) is 43.9 Å². The topological polar surface area (TPSA) is 67.6 Å². The third-order valence-electron chi connectivity index (χ3n) is 3.67. The number of rotatable bonds is 1. The highest BCUT2D eigenvalue weighted by molar-refractivity contribution is 7.16. The number of hydrogen-bond donors (Lipinski definition) is 2. The highest BCUT2D eigenvalue weighted by Crippen LogP contribution is 2.42. The van der Waals surface area contributed by atoms with E-state index < -0.39 is 0 Å². The number of aryl methyl sites for hydroxylation is 2. The summed E-state index contributed by atoms with van der Waals surface area (Å²) in [5, 5.41) is 0.875. The molecule has 0 saturated carbocycles. The number of H-pyrrole nitrogens is 1. The number of nitrogens with one attached hydrogen (secondary N) is 1. The van der Waals surface area contributed by atoms with Crippen LogP contribution in [0.2, 0.25) is 0 Å². The summed E-state index contributed by atoms with van der Waals surface area (Å²) in [6.45, 7) is 1.98. The monoisotopic (exact) mass is 270 g/mol. The lowest BCUT2D eigenvalue weighted by atomic mass is 10.1. The highest BCUT2D eigenvalue weighted by Gasteiger charge is 2.23. The number of aromatic nitrogens is 3. The lowest BCUT2D eigenvalue weighted by Gasteiger charge is -1.98. The molecule has 1 aliphatic carbocycles. The normalized spacial score (nSPS) is 14.2. The molecule has 0 fully saturated rings. The standard InChI is InChI=1S/C14H14N4S/c1-7-5-6-9-13(16-7)18-14(17-9)11-8-3-2-4-10(8)19-12(11)15/h5-6H,2-4,15H2,1H3,(H,16,17,18). The predicted octanol–water partition coefficient (Wildman–Crippen LogP) is 3.07. The number of hydrogen-bond acceptors (Lipinski definition) is 4. The molecule has 0 amide bonds. The van der Waals surface area contributed by atoms with Gasteiger partial charge in [-0.3, -0.25) is 0 Å². The van der Waals surface area contributed by atoms with Crippen LogP contribution >= 0.6 is 11.3 Å². The number of aromatic amines is 1. The van der Waals surface area contributed by atoms with E-state index in [0.29, 0.717) is 0 Å². The van der Waals surface area contributed by atoms with Crippen LogP contribution in [0.25, 0.3) is 22.6 Å². The van der Waals surface area contributed by atoms with Gasteiger partial charge in [0.1, 0.15) is 5.82 Å². The number of nitrogen functional groups attached to an aromatic ring is 1. The van der Waals surface area contributed by atoms with Crippen LogP contribution in [0.1, 0.15) is 22.6 Å². The Morgan fingerprint density at radius 1 is 1.26 bits per heavy atom. The average molecular weight is 270 g/mol. The summed E-state index contributed by atoms with van der Waals surface area (Å²) in [7, 11) is 0. The summed E-state index contributed by atoms with van der Waals surface area (Å²) in [4.78, 5) is 13.8. The number of anilines is 1. The Hall–Kier alpha value is -1.88. The van der Waals surface area contributed by atoms with Crippen LogP contribution in [0, 0.1) is 6.92 Å². The maximum absolute atomic E-state index is 6.17. The Morgan fingerprint density at radius 2 is 2.16 bits per heavy atom. The molecular formula is C14H14N4S. The second-order valence-corrected chi connectivity index (χ2v) is 6.14. The quantitative estimate of drug-likeness (QED) is 0.714. The van der Waals surface area contributed by atoms with Crippen LogP contribution in [0.4, 0.5) is 5.00 Å². The van der Waals surface area contributed by atoms with Gasteiger partial charge in [0.25, 0.3) is 0 Å². The first-order chi connectivity index (χ1) is 9.22. The van der Waals surface area contributed by atoms with Crippen LogP contribution in [0.15, 0.2) is 12.1 Å². The molecule has 3 heterocycles. The molecule has 0 atom stereocenters. The van der Waals surface area contributed by atoms with E-state index in [1.807, 2.05) is 19.1 Å². The van der Waals surface area contributed by atoms with E-state index in [4.69, 9.17) is 5.73 Å². The van der Waals surface area contributed by atoms with Crippen LogP contribution in [-0.2, 0) is 12.8 Å². The predicted molar refractivity (Wildman–Crippen MR) is 78.4 cm³/mol. The van der Waals surface area contributed by atoms with Gasteiger partial charge in [0.15, 0.2) is 5.65 Å². The third-order valence-corrected chi connectivity index (χ3v) is 4.79. The first-order valence-corrected chi connectivity index (χ1v) is 7.28. The molecule has 0 aromatic carbocycles. The Bertz CT molecular complexity index is 784.